The summed E-state index contributed by atoms with van der Waals surface area (Å²) in [6.07, 6.45) is 0.811. The van der Waals surface area contributed by atoms with Gasteiger partial charge in [0.1, 0.15) is 5.15 Å². The summed E-state index contributed by atoms with van der Waals surface area (Å²) in [6, 6.07) is 12.5. The molecule has 23 heavy (non-hydrogen) atoms. The van der Waals surface area contributed by atoms with Crippen LogP contribution in [-0.4, -0.2) is 10.7 Å². The Morgan fingerprint density at radius 3 is 2.96 bits per heavy atom. The van der Waals surface area contributed by atoms with Crippen LogP contribution in [0.1, 0.15) is 28.5 Å². The average molecular weight is 407 g/mol. The van der Waals surface area contributed by atoms with Crippen molar-refractivity contribution in [3.63, 3.8) is 0 Å². The third-order valence-corrected chi connectivity index (χ3v) is 5.99. The smallest absolute Gasteiger partial charge is 0.135 e. The van der Waals surface area contributed by atoms with Crippen molar-refractivity contribution in [1.29, 1.82) is 0 Å². The van der Waals surface area contributed by atoms with Gasteiger partial charge in [0.2, 0.25) is 0 Å². The molecular weight excluding hydrogens is 394 g/mol. The maximum atomic E-state index is 6.45. The van der Waals surface area contributed by atoms with Gasteiger partial charge in [-0.15, -0.1) is 11.3 Å². The van der Waals surface area contributed by atoms with Crippen molar-refractivity contribution in [2.24, 2.45) is 5.10 Å². The van der Waals surface area contributed by atoms with Gasteiger partial charge < -0.3 is 5.43 Å². The molecule has 0 spiro atoms. The molecule has 1 aliphatic rings. The van der Waals surface area contributed by atoms with Crippen LogP contribution >= 0.6 is 38.9 Å². The topological polar surface area (TPSA) is 37.3 Å². The van der Waals surface area contributed by atoms with E-state index in [4.69, 9.17) is 11.6 Å². The van der Waals surface area contributed by atoms with Crippen molar-refractivity contribution < 1.29 is 0 Å². The summed E-state index contributed by atoms with van der Waals surface area (Å²) in [6.45, 7) is 2.05. The Morgan fingerprint density at radius 1 is 1.30 bits per heavy atom. The lowest BCUT2D eigenvalue weighted by molar-refractivity contribution is 0.619. The molecule has 0 aliphatic carbocycles. The van der Waals surface area contributed by atoms with Crippen molar-refractivity contribution in [3.8, 4) is 0 Å². The van der Waals surface area contributed by atoms with Gasteiger partial charge in [0, 0.05) is 17.4 Å². The SMILES string of the molecule is Cc1cccc2cc(C3CC(c4ccc(Br)s4)=NN3)c(Cl)nc12. The molecule has 2 aromatic heterocycles. The summed E-state index contributed by atoms with van der Waals surface area (Å²) in [7, 11) is 0. The van der Waals surface area contributed by atoms with Crippen LogP contribution in [0.25, 0.3) is 10.9 Å². The van der Waals surface area contributed by atoms with Gasteiger partial charge >= 0.3 is 0 Å². The monoisotopic (exact) mass is 405 g/mol. The maximum absolute atomic E-state index is 6.45. The fourth-order valence-corrected chi connectivity index (χ4v) is 4.49. The first-order valence-electron chi connectivity index (χ1n) is 7.25. The van der Waals surface area contributed by atoms with E-state index in [0.29, 0.717) is 5.15 Å². The van der Waals surface area contributed by atoms with Crippen LogP contribution in [0.2, 0.25) is 5.15 Å². The second-order valence-corrected chi connectivity index (χ2v) is 8.38. The van der Waals surface area contributed by atoms with E-state index in [2.05, 4.69) is 62.6 Å². The first-order valence-corrected chi connectivity index (χ1v) is 9.24. The predicted octanol–water partition coefficient (Wildman–Crippen LogP) is 5.46. The molecule has 1 atom stereocenters. The second-order valence-electron chi connectivity index (χ2n) is 5.56. The molecular formula is C17H13BrClN3S. The van der Waals surface area contributed by atoms with Crippen LogP contribution in [0.4, 0.5) is 0 Å². The number of pyridine rings is 1. The van der Waals surface area contributed by atoms with E-state index in [1.165, 1.54) is 4.88 Å². The third kappa shape index (κ3) is 2.77. The standard InChI is InChI=1S/C17H13BrClN3S/c1-9-3-2-4-10-7-11(17(19)20-16(9)10)12-8-13(22-21-12)14-5-6-15(18)23-14/h2-7,12,21H,8H2,1H3. The maximum Gasteiger partial charge on any atom is 0.135 e. The van der Waals surface area contributed by atoms with Gasteiger partial charge in [0.15, 0.2) is 0 Å². The van der Waals surface area contributed by atoms with Gasteiger partial charge in [-0.05, 0) is 46.6 Å². The highest BCUT2D eigenvalue weighted by Crippen LogP contribution is 2.33. The molecule has 4 rings (SSSR count). The summed E-state index contributed by atoms with van der Waals surface area (Å²) in [5.74, 6) is 0. The second kappa shape index (κ2) is 5.89. The molecule has 116 valence electrons. The van der Waals surface area contributed by atoms with Crippen LogP contribution in [0.15, 0.2) is 45.3 Å². The van der Waals surface area contributed by atoms with Gasteiger partial charge in [-0.2, -0.15) is 5.10 Å². The van der Waals surface area contributed by atoms with Crippen LogP contribution in [0.3, 0.4) is 0 Å². The number of aryl methyl sites for hydroxylation is 1. The summed E-state index contributed by atoms with van der Waals surface area (Å²) >= 11 is 11.6. The number of nitrogens with zero attached hydrogens (tertiary/aromatic N) is 2. The number of hydrogen-bond acceptors (Lipinski definition) is 4. The first kappa shape index (κ1) is 15.1. The van der Waals surface area contributed by atoms with E-state index < -0.39 is 0 Å². The quantitative estimate of drug-likeness (QED) is 0.574. The number of halogens is 2. The molecule has 1 N–H and O–H groups in total. The van der Waals surface area contributed by atoms with Crippen LogP contribution in [0, 0.1) is 6.92 Å². The lowest BCUT2D eigenvalue weighted by Crippen LogP contribution is -2.11. The number of fused-ring (bicyclic) bond motifs is 1. The van der Waals surface area contributed by atoms with Crippen molar-refractivity contribution >= 4 is 55.5 Å². The van der Waals surface area contributed by atoms with Crippen molar-refractivity contribution in [2.75, 3.05) is 0 Å². The normalized spacial score (nSPS) is 17.3. The van der Waals surface area contributed by atoms with E-state index >= 15 is 0 Å². The zero-order valence-corrected chi connectivity index (χ0v) is 15.5. The third-order valence-electron chi connectivity index (χ3n) is 4.01. The molecule has 0 bridgehead atoms. The molecule has 0 saturated heterocycles. The van der Waals surface area contributed by atoms with Crippen LogP contribution in [0.5, 0.6) is 0 Å². The van der Waals surface area contributed by atoms with E-state index in [0.717, 1.165) is 37.9 Å². The number of aromatic nitrogens is 1. The Morgan fingerprint density at radius 2 is 2.17 bits per heavy atom. The number of nitrogens with one attached hydrogen (secondary N) is 1. The molecule has 1 unspecified atom stereocenters. The minimum absolute atomic E-state index is 0.0655. The number of hydrogen-bond donors (Lipinski definition) is 1. The highest BCUT2D eigenvalue weighted by Gasteiger charge is 2.25. The van der Waals surface area contributed by atoms with Gasteiger partial charge in [-0.1, -0.05) is 29.8 Å². The molecule has 1 aliphatic heterocycles. The van der Waals surface area contributed by atoms with Crippen molar-refractivity contribution in [1.82, 2.24) is 10.4 Å². The van der Waals surface area contributed by atoms with E-state index in [9.17, 15) is 0 Å². The van der Waals surface area contributed by atoms with Crippen molar-refractivity contribution in [2.45, 2.75) is 19.4 Å². The minimum Gasteiger partial charge on any atom is -0.302 e. The average Bonchev–Trinajstić information content (AvgIpc) is 3.16. The van der Waals surface area contributed by atoms with Gasteiger partial charge in [0.25, 0.3) is 0 Å². The Labute approximate surface area is 151 Å². The fourth-order valence-electron chi connectivity index (χ4n) is 2.83. The molecule has 3 heterocycles. The molecule has 3 nitrogen and oxygen atoms in total. The first-order chi connectivity index (χ1) is 11.1. The number of para-hydroxylation sites is 1. The lowest BCUT2D eigenvalue weighted by Gasteiger charge is -2.13. The molecule has 0 amide bonds. The number of thiophene rings is 1. The van der Waals surface area contributed by atoms with E-state index in [1.54, 1.807) is 11.3 Å². The van der Waals surface area contributed by atoms with Crippen molar-refractivity contribution in [3.05, 3.63) is 61.3 Å². The van der Waals surface area contributed by atoms with Gasteiger partial charge in [-0.3, -0.25) is 0 Å². The van der Waals surface area contributed by atoms with Gasteiger partial charge in [0.05, 0.1) is 25.9 Å². The number of rotatable bonds is 2. The largest absolute Gasteiger partial charge is 0.302 e. The highest BCUT2D eigenvalue weighted by atomic mass is 79.9. The fraction of sp³-hybridized carbons (Fsp3) is 0.176. The lowest BCUT2D eigenvalue weighted by atomic mass is 10.0. The summed E-state index contributed by atoms with van der Waals surface area (Å²) in [4.78, 5) is 5.76. The summed E-state index contributed by atoms with van der Waals surface area (Å²) < 4.78 is 1.11. The molecule has 6 heteroatoms. The summed E-state index contributed by atoms with van der Waals surface area (Å²) in [5, 5.41) is 6.14. The van der Waals surface area contributed by atoms with E-state index in [1.807, 2.05) is 12.1 Å². The molecule has 3 aromatic rings. The zero-order valence-electron chi connectivity index (χ0n) is 12.3. The van der Waals surface area contributed by atoms with Crippen LogP contribution in [-0.2, 0) is 0 Å². The highest BCUT2D eigenvalue weighted by molar-refractivity contribution is 9.11. The Bertz CT molecular complexity index is 935. The zero-order chi connectivity index (χ0) is 16.0. The van der Waals surface area contributed by atoms with Crippen LogP contribution < -0.4 is 5.43 Å². The minimum atomic E-state index is 0.0655. The molecule has 0 saturated carbocycles. The Kier molecular flexibility index (Phi) is 3.87. The Balaban J connectivity index is 1.67. The molecule has 1 aromatic carbocycles. The Hall–Kier alpha value is -1.43. The van der Waals surface area contributed by atoms with E-state index in [-0.39, 0.29) is 6.04 Å². The molecule has 0 radical (unpaired) electrons. The number of benzene rings is 1. The number of hydrazone groups is 1. The predicted molar refractivity (Wildman–Crippen MR) is 101 cm³/mol. The molecule has 0 fully saturated rings. The van der Waals surface area contributed by atoms with Gasteiger partial charge in [-0.25, -0.2) is 4.98 Å². The summed E-state index contributed by atoms with van der Waals surface area (Å²) in [5.41, 5.74) is 7.36.